The van der Waals surface area contributed by atoms with Gasteiger partial charge in [0.1, 0.15) is 5.78 Å². The highest BCUT2D eigenvalue weighted by atomic mass is 16.3. The van der Waals surface area contributed by atoms with Gasteiger partial charge in [0.15, 0.2) is 11.4 Å². The van der Waals surface area contributed by atoms with Crippen LogP contribution in [0.5, 0.6) is 0 Å². The molecule has 0 aliphatic heterocycles. The Morgan fingerprint density at radius 2 is 1.57 bits per heavy atom. The standard InChI is InChI=1S/C20H20O3/c21-18-14-8-7-13-17(18)20(23,16-11-5-2-6-12-16)19(22)15-9-3-1-4-10-15/h1-6,9-12,17,23H,7-8,13-14H2/t17-,20+/m0/s1. The van der Waals surface area contributed by atoms with Crippen LogP contribution in [0.2, 0.25) is 0 Å². The van der Waals surface area contributed by atoms with Gasteiger partial charge in [-0.05, 0) is 18.4 Å². The molecule has 2 aromatic carbocycles. The van der Waals surface area contributed by atoms with E-state index < -0.39 is 17.3 Å². The van der Waals surface area contributed by atoms with Crippen molar-refractivity contribution < 1.29 is 14.7 Å². The quantitative estimate of drug-likeness (QED) is 0.879. The van der Waals surface area contributed by atoms with Crippen LogP contribution < -0.4 is 0 Å². The first-order valence-corrected chi connectivity index (χ1v) is 8.04. The Hall–Kier alpha value is -2.26. The topological polar surface area (TPSA) is 54.4 Å². The van der Waals surface area contributed by atoms with Crippen molar-refractivity contribution in [1.82, 2.24) is 0 Å². The van der Waals surface area contributed by atoms with Crippen molar-refractivity contribution in [3.05, 3.63) is 71.8 Å². The summed E-state index contributed by atoms with van der Waals surface area (Å²) in [5, 5.41) is 11.4. The first kappa shape index (κ1) is 15.6. The Bertz CT molecular complexity index is 693. The smallest absolute Gasteiger partial charge is 0.199 e. The average Bonchev–Trinajstić information content (AvgIpc) is 2.62. The molecule has 0 amide bonds. The number of ketones is 2. The maximum absolute atomic E-state index is 13.1. The van der Waals surface area contributed by atoms with E-state index in [0.29, 0.717) is 24.0 Å². The van der Waals surface area contributed by atoms with Crippen molar-refractivity contribution in [3.8, 4) is 0 Å². The van der Waals surface area contributed by atoms with Crippen LogP contribution in [0.1, 0.15) is 41.6 Å². The minimum absolute atomic E-state index is 0.0214. The van der Waals surface area contributed by atoms with Crippen molar-refractivity contribution in [2.45, 2.75) is 31.3 Å². The summed E-state index contributed by atoms with van der Waals surface area (Å²) in [7, 11) is 0. The van der Waals surface area contributed by atoms with Crippen molar-refractivity contribution in [1.29, 1.82) is 0 Å². The molecule has 118 valence electrons. The van der Waals surface area contributed by atoms with Crippen LogP contribution in [0.3, 0.4) is 0 Å². The number of hydrogen-bond acceptors (Lipinski definition) is 3. The predicted molar refractivity (Wildman–Crippen MR) is 88.1 cm³/mol. The molecule has 1 aliphatic carbocycles. The zero-order valence-corrected chi connectivity index (χ0v) is 12.9. The molecule has 0 heterocycles. The summed E-state index contributed by atoms with van der Waals surface area (Å²) < 4.78 is 0. The van der Waals surface area contributed by atoms with Crippen molar-refractivity contribution >= 4 is 11.6 Å². The molecule has 0 bridgehead atoms. The molecule has 3 heteroatoms. The molecule has 1 aliphatic rings. The number of benzene rings is 2. The van der Waals surface area contributed by atoms with Crippen molar-refractivity contribution in [2.24, 2.45) is 5.92 Å². The second-order valence-electron chi connectivity index (χ2n) is 6.09. The Labute approximate surface area is 136 Å². The highest BCUT2D eigenvalue weighted by Gasteiger charge is 2.49. The van der Waals surface area contributed by atoms with E-state index in [1.807, 2.05) is 12.1 Å². The van der Waals surface area contributed by atoms with Gasteiger partial charge in [-0.2, -0.15) is 0 Å². The molecular weight excluding hydrogens is 288 g/mol. The van der Waals surface area contributed by atoms with Gasteiger partial charge in [-0.3, -0.25) is 9.59 Å². The molecule has 3 rings (SSSR count). The molecule has 0 unspecified atom stereocenters. The lowest BCUT2D eigenvalue weighted by Gasteiger charge is -2.36. The Kier molecular flexibility index (Phi) is 4.39. The molecule has 2 aromatic rings. The zero-order valence-electron chi connectivity index (χ0n) is 12.9. The van der Waals surface area contributed by atoms with Gasteiger partial charge in [-0.1, -0.05) is 67.1 Å². The fourth-order valence-corrected chi connectivity index (χ4v) is 3.42. The minimum Gasteiger partial charge on any atom is -0.376 e. The molecule has 1 saturated carbocycles. The van der Waals surface area contributed by atoms with Gasteiger partial charge in [0.05, 0.1) is 5.92 Å². The van der Waals surface area contributed by atoms with E-state index in [1.54, 1.807) is 48.5 Å². The predicted octanol–water partition coefficient (Wildman–Crippen LogP) is 3.52. The highest BCUT2D eigenvalue weighted by molar-refractivity contribution is 6.06. The van der Waals surface area contributed by atoms with Gasteiger partial charge in [0.2, 0.25) is 0 Å². The van der Waals surface area contributed by atoms with E-state index >= 15 is 0 Å². The normalized spacial score (nSPS) is 20.7. The van der Waals surface area contributed by atoms with Gasteiger partial charge in [0, 0.05) is 12.0 Å². The molecule has 1 N–H and O–H groups in total. The number of Topliss-reactive ketones (excluding diaryl/α,β-unsaturated/α-hetero) is 2. The van der Waals surface area contributed by atoms with Crippen LogP contribution in [-0.4, -0.2) is 16.7 Å². The molecule has 0 spiro atoms. The first-order valence-electron chi connectivity index (χ1n) is 8.04. The largest absolute Gasteiger partial charge is 0.376 e. The Morgan fingerprint density at radius 3 is 2.17 bits per heavy atom. The third kappa shape index (κ3) is 2.84. The maximum atomic E-state index is 13.1. The maximum Gasteiger partial charge on any atom is 0.199 e. The third-order valence-electron chi connectivity index (χ3n) is 4.65. The molecule has 0 saturated heterocycles. The summed E-state index contributed by atoms with van der Waals surface area (Å²) >= 11 is 0. The van der Waals surface area contributed by atoms with Crippen LogP contribution in [-0.2, 0) is 10.4 Å². The molecule has 23 heavy (non-hydrogen) atoms. The Morgan fingerprint density at radius 1 is 0.957 bits per heavy atom. The van der Waals surface area contributed by atoms with Crippen LogP contribution in [0.4, 0.5) is 0 Å². The second-order valence-corrected chi connectivity index (χ2v) is 6.09. The third-order valence-corrected chi connectivity index (χ3v) is 4.65. The summed E-state index contributed by atoms with van der Waals surface area (Å²) in [4.78, 5) is 25.5. The highest BCUT2D eigenvalue weighted by Crippen LogP contribution is 2.39. The number of carbonyl (C=O) groups is 2. The fraction of sp³-hybridized carbons (Fsp3) is 0.300. The van der Waals surface area contributed by atoms with E-state index in [4.69, 9.17) is 0 Å². The van der Waals surface area contributed by atoms with Crippen molar-refractivity contribution in [2.75, 3.05) is 0 Å². The number of carbonyl (C=O) groups excluding carboxylic acids is 2. The van der Waals surface area contributed by atoms with Crippen LogP contribution >= 0.6 is 0 Å². The minimum atomic E-state index is -1.79. The van der Waals surface area contributed by atoms with Crippen LogP contribution in [0.25, 0.3) is 0 Å². The molecule has 1 fully saturated rings. The molecular formula is C20H20O3. The van der Waals surface area contributed by atoms with E-state index in [2.05, 4.69) is 0 Å². The number of rotatable bonds is 4. The zero-order chi connectivity index (χ0) is 16.3. The first-order chi connectivity index (χ1) is 11.1. The van der Waals surface area contributed by atoms with E-state index in [0.717, 1.165) is 12.8 Å². The molecule has 2 atom stereocenters. The summed E-state index contributed by atoms with van der Waals surface area (Å²) in [5.74, 6) is -1.09. The van der Waals surface area contributed by atoms with E-state index in [1.165, 1.54) is 0 Å². The summed E-state index contributed by atoms with van der Waals surface area (Å²) in [6, 6.07) is 17.6. The van der Waals surface area contributed by atoms with Gasteiger partial charge in [0.25, 0.3) is 0 Å². The number of aliphatic hydroxyl groups is 1. The lowest BCUT2D eigenvalue weighted by molar-refractivity contribution is -0.133. The molecule has 0 aromatic heterocycles. The summed E-state index contributed by atoms with van der Waals surface area (Å²) in [6.07, 6.45) is 2.66. The van der Waals surface area contributed by atoms with Gasteiger partial charge in [-0.15, -0.1) is 0 Å². The fourth-order valence-electron chi connectivity index (χ4n) is 3.42. The number of hydrogen-bond donors (Lipinski definition) is 1. The SMILES string of the molecule is O=C1CCCC[C@@H]1[C@@](O)(C(=O)c1ccccc1)c1ccccc1. The van der Waals surface area contributed by atoms with Crippen LogP contribution in [0.15, 0.2) is 60.7 Å². The molecule has 0 radical (unpaired) electrons. The monoisotopic (exact) mass is 308 g/mol. The van der Waals surface area contributed by atoms with Crippen molar-refractivity contribution in [3.63, 3.8) is 0 Å². The average molecular weight is 308 g/mol. The van der Waals surface area contributed by atoms with E-state index in [-0.39, 0.29) is 5.78 Å². The van der Waals surface area contributed by atoms with Gasteiger partial charge in [-0.25, -0.2) is 0 Å². The lowest BCUT2D eigenvalue weighted by Crippen LogP contribution is -2.47. The summed E-state index contributed by atoms with van der Waals surface area (Å²) in [5.41, 5.74) is -0.869. The lowest BCUT2D eigenvalue weighted by atomic mass is 9.69. The van der Waals surface area contributed by atoms with Gasteiger partial charge < -0.3 is 5.11 Å². The van der Waals surface area contributed by atoms with E-state index in [9.17, 15) is 14.7 Å². The Balaban J connectivity index is 2.10. The van der Waals surface area contributed by atoms with Crippen LogP contribution in [0, 0.1) is 5.92 Å². The molecule has 3 nitrogen and oxygen atoms in total. The second kappa shape index (κ2) is 6.47. The summed E-state index contributed by atoms with van der Waals surface area (Å²) in [6.45, 7) is 0. The van der Waals surface area contributed by atoms with Gasteiger partial charge >= 0.3 is 0 Å².